The number of rotatable bonds is 5. The maximum Gasteiger partial charge on any atom is 0.228 e. The summed E-state index contributed by atoms with van der Waals surface area (Å²) in [4.78, 5) is 14.7. The molecule has 1 amide bonds. The van der Waals surface area contributed by atoms with Gasteiger partial charge >= 0.3 is 0 Å². The average molecular weight is 258 g/mol. The van der Waals surface area contributed by atoms with Crippen molar-refractivity contribution < 1.29 is 4.79 Å². The molecule has 1 aliphatic heterocycles. The van der Waals surface area contributed by atoms with Crippen LogP contribution in [0.25, 0.3) is 0 Å². The van der Waals surface area contributed by atoms with E-state index in [2.05, 4.69) is 29.3 Å². The summed E-state index contributed by atoms with van der Waals surface area (Å²) in [5.74, 6) is 1.26. The Morgan fingerprint density at radius 2 is 2.00 bits per heavy atom. The molecule has 2 aliphatic rings. The monoisotopic (exact) mass is 258 g/mol. The zero-order valence-electron chi connectivity index (χ0n) is 11.5. The van der Waals surface area contributed by atoms with Crippen LogP contribution in [0.1, 0.15) is 25.3 Å². The molecule has 0 bridgehead atoms. The fourth-order valence-electron chi connectivity index (χ4n) is 2.73. The van der Waals surface area contributed by atoms with Gasteiger partial charge in [-0.2, -0.15) is 0 Å². The third-order valence-electron chi connectivity index (χ3n) is 4.41. The molecule has 0 spiro atoms. The Bertz CT molecular complexity index is 437. The Kier molecular flexibility index (Phi) is 3.56. The molecular weight excluding hydrogens is 236 g/mol. The van der Waals surface area contributed by atoms with Gasteiger partial charge in [-0.05, 0) is 31.2 Å². The number of nitrogens with zero attached hydrogens (tertiary/aromatic N) is 1. The number of carbonyl (C=O) groups is 1. The van der Waals surface area contributed by atoms with Gasteiger partial charge in [-0.25, -0.2) is 0 Å². The predicted octanol–water partition coefficient (Wildman–Crippen LogP) is 2.03. The first-order valence-electron chi connectivity index (χ1n) is 7.31. The number of amides is 1. The molecule has 1 N–H and O–H groups in total. The van der Waals surface area contributed by atoms with E-state index in [9.17, 15) is 4.79 Å². The maximum absolute atomic E-state index is 12.6. The van der Waals surface area contributed by atoms with Crippen LogP contribution in [0.3, 0.4) is 0 Å². The second-order valence-electron chi connectivity index (χ2n) is 5.88. The first-order valence-corrected chi connectivity index (χ1v) is 7.31. The Morgan fingerprint density at radius 3 is 2.53 bits per heavy atom. The molecule has 0 aromatic heterocycles. The van der Waals surface area contributed by atoms with Gasteiger partial charge < -0.3 is 10.2 Å². The minimum Gasteiger partial charge on any atom is -0.335 e. The van der Waals surface area contributed by atoms with Crippen molar-refractivity contribution >= 4 is 5.91 Å². The molecule has 1 saturated carbocycles. The van der Waals surface area contributed by atoms with Gasteiger partial charge in [-0.3, -0.25) is 4.79 Å². The molecule has 2 fully saturated rings. The zero-order chi connectivity index (χ0) is 13.2. The van der Waals surface area contributed by atoms with Gasteiger partial charge in [-0.15, -0.1) is 0 Å². The van der Waals surface area contributed by atoms with Crippen molar-refractivity contribution in [3.63, 3.8) is 0 Å². The normalized spacial score (nSPS) is 20.7. The second kappa shape index (κ2) is 5.33. The summed E-state index contributed by atoms with van der Waals surface area (Å²) in [6, 6.07) is 10.7. The van der Waals surface area contributed by atoms with Crippen molar-refractivity contribution in [1.82, 2.24) is 10.2 Å². The Morgan fingerprint density at radius 1 is 1.32 bits per heavy atom. The van der Waals surface area contributed by atoms with Crippen LogP contribution in [0.5, 0.6) is 0 Å². The molecule has 19 heavy (non-hydrogen) atoms. The highest BCUT2D eigenvalue weighted by molar-refractivity contribution is 5.80. The van der Waals surface area contributed by atoms with E-state index in [1.165, 1.54) is 18.4 Å². The van der Waals surface area contributed by atoms with Crippen LogP contribution < -0.4 is 5.32 Å². The lowest BCUT2D eigenvalue weighted by Crippen LogP contribution is -2.54. The van der Waals surface area contributed by atoms with E-state index < -0.39 is 0 Å². The van der Waals surface area contributed by atoms with Crippen molar-refractivity contribution in [2.75, 3.05) is 13.1 Å². The molecule has 1 unspecified atom stereocenters. The first-order chi connectivity index (χ1) is 9.25. The molecule has 1 atom stereocenters. The maximum atomic E-state index is 12.6. The van der Waals surface area contributed by atoms with Crippen molar-refractivity contribution in [1.29, 1.82) is 0 Å². The SMILES string of the molecule is CC(C1CC1)N(Cc1ccccc1)C(=O)C1CNC1. The van der Waals surface area contributed by atoms with E-state index in [0.29, 0.717) is 11.9 Å². The summed E-state index contributed by atoms with van der Waals surface area (Å²) in [7, 11) is 0. The molecule has 1 heterocycles. The number of hydrogen-bond acceptors (Lipinski definition) is 2. The Hall–Kier alpha value is -1.35. The van der Waals surface area contributed by atoms with Crippen LogP contribution in [0.4, 0.5) is 0 Å². The summed E-state index contributed by atoms with van der Waals surface area (Å²) >= 11 is 0. The number of hydrogen-bond donors (Lipinski definition) is 1. The van der Waals surface area contributed by atoms with Crippen molar-refractivity contribution in [3.05, 3.63) is 35.9 Å². The highest BCUT2D eigenvalue weighted by Crippen LogP contribution is 2.36. The van der Waals surface area contributed by atoms with E-state index >= 15 is 0 Å². The summed E-state index contributed by atoms with van der Waals surface area (Å²) in [5, 5.41) is 3.20. The lowest BCUT2D eigenvalue weighted by Gasteiger charge is -2.36. The predicted molar refractivity (Wildman–Crippen MR) is 75.5 cm³/mol. The zero-order valence-corrected chi connectivity index (χ0v) is 11.5. The Balaban J connectivity index is 1.73. The van der Waals surface area contributed by atoms with Crippen LogP contribution in [0, 0.1) is 11.8 Å². The molecule has 3 nitrogen and oxygen atoms in total. The van der Waals surface area contributed by atoms with E-state index in [4.69, 9.17) is 0 Å². The van der Waals surface area contributed by atoms with E-state index in [1.807, 2.05) is 18.2 Å². The molecule has 1 saturated heterocycles. The van der Waals surface area contributed by atoms with Crippen LogP contribution in [0.15, 0.2) is 30.3 Å². The van der Waals surface area contributed by atoms with Gasteiger partial charge in [-0.1, -0.05) is 30.3 Å². The van der Waals surface area contributed by atoms with E-state index in [0.717, 1.165) is 25.6 Å². The number of benzene rings is 1. The highest BCUT2D eigenvalue weighted by atomic mass is 16.2. The van der Waals surface area contributed by atoms with Gasteiger partial charge in [0.2, 0.25) is 5.91 Å². The van der Waals surface area contributed by atoms with Crippen molar-refractivity contribution in [3.8, 4) is 0 Å². The molecule has 1 aliphatic carbocycles. The van der Waals surface area contributed by atoms with Crippen molar-refractivity contribution in [2.45, 2.75) is 32.4 Å². The van der Waals surface area contributed by atoms with Gasteiger partial charge in [0, 0.05) is 25.7 Å². The third-order valence-corrected chi connectivity index (χ3v) is 4.41. The summed E-state index contributed by atoms with van der Waals surface area (Å²) in [6.45, 7) is 4.67. The molecule has 0 radical (unpaired) electrons. The number of nitrogens with one attached hydrogen (secondary N) is 1. The molecule has 3 heteroatoms. The topological polar surface area (TPSA) is 32.3 Å². The van der Waals surface area contributed by atoms with E-state index in [1.54, 1.807) is 0 Å². The lowest BCUT2D eigenvalue weighted by molar-refractivity contribution is -0.140. The summed E-state index contributed by atoms with van der Waals surface area (Å²) in [5.41, 5.74) is 1.23. The van der Waals surface area contributed by atoms with Gasteiger partial charge in [0.15, 0.2) is 0 Å². The Labute approximate surface area is 115 Å². The van der Waals surface area contributed by atoms with Crippen LogP contribution in [-0.2, 0) is 11.3 Å². The van der Waals surface area contributed by atoms with Crippen molar-refractivity contribution in [2.24, 2.45) is 11.8 Å². The average Bonchev–Trinajstić information content (AvgIpc) is 3.18. The largest absolute Gasteiger partial charge is 0.335 e. The quantitative estimate of drug-likeness (QED) is 0.876. The third kappa shape index (κ3) is 2.81. The molecular formula is C16H22N2O. The fraction of sp³-hybridized carbons (Fsp3) is 0.562. The summed E-state index contributed by atoms with van der Waals surface area (Å²) in [6.07, 6.45) is 2.56. The molecule has 102 valence electrons. The highest BCUT2D eigenvalue weighted by Gasteiger charge is 2.37. The van der Waals surface area contributed by atoms with Crippen LogP contribution in [0.2, 0.25) is 0 Å². The standard InChI is InChI=1S/C16H22N2O/c1-12(14-7-8-14)18(16(19)15-9-17-10-15)11-13-5-3-2-4-6-13/h2-6,12,14-15,17H,7-11H2,1H3. The van der Waals surface area contributed by atoms with Crippen LogP contribution >= 0.6 is 0 Å². The van der Waals surface area contributed by atoms with Gasteiger partial charge in [0.25, 0.3) is 0 Å². The van der Waals surface area contributed by atoms with E-state index in [-0.39, 0.29) is 5.92 Å². The molecule has 3 rings (SSSR count). The summed E-state index contributed by atoms with van der Waals surface area (Å²) < 4.78 is 0. The fourth-order valence-corrected chi connectivity index (χ4v) is 2.73. The van der Waals surface area contributed by atoms with Gasteiger partial charge in [0.05, 0.1) is 5.92 Å². The number of carbonyl (C=O) groups excluding carboxylic acids is 1. The first kappa shape index (κ1) is 12.7. The van der Waals surface area contributed by atoms with Gasteiger partial charge in [0.1, 0.15) is 0 Å². The smallest absolute Gasteiger partial charge is 0.228 e. The second-order valence-corrected chi connectivity index (χ2v) is 5.88. The molecule has 1 aromatic carbocycles. The minimum atomic E-state index is 0.199. The molecule has 1 aromatic rings. The lowest BCUT2D eigenvalue weighted by atomic mass is 9.99. The van der Waals surface area contributed by atoms with Crippen LogP contribution in [-0.4, -0.2) is 29.9 Å². The minimum absolute atomic E-state index is 0.199.